The van der Waals surface area contributed by atoms with Crippen LogP contribution in [-0.4, -0.2) is 30.1 Å². The fourth-order valence-electron chi connectivity index (χ4n) is 4.25. The molecular formula is C28H20F3N3O4. The van der Waals surface area contributed by atoms with Gasteiger partial charge in [0.2, 0.25) is 5.91 Å². The number of fused-ring (bicyclic) bond motifs is 2. The van der Waals surface area contributed by atoms with E-state index in [1.165, 1.54) is 20.3 Å². The number of methoxy groups -OCH3 is 2. The maximum absolute atomic E-state index is 13.4. The second-order valence-corrected chi connectivity index (χ2v) is 8.30. The Hall–Kier alpha value is -4.86. The van der Waals surface area contributed by atoms with Crippen molar-refractivity contribution in [2.45, 2.75) is 6.18 Å². The second-order valence-electron chi connectivity index (χ2n) is 8.30. The third-order valence-corrected chi connectivity index (χ3v) is 6.04. The van der Waals surface area contributed by atoms with Crippen molar-refractivity contribution in [1.82, 2.24) is 9.97 Å². The number of carbonyl (C=O) groups excluding carboxylic acids is 1. The summed E-state index contributed by atoms with van der Waals surface area (Å²) in [5, 5.41) is 1.75. The maximum Gasteiger partial charge on any atom is 0.416 e. The number of alkyl halides is 3. The normalized spacial score (nSPS) is 11.5. The predicted octanol–water partition coefficient (Wildman–Crippen LogP) is 6.38. The van der Waals surface area contributed by atoms with Crippen LogP contribution in [0.25, 0.3) is 32.9 Å². The summed E-state index contributed by atoms with van der Waals surface area (Å²) in [5.74, 6) is 1.02. The molecule has 2 aromatic heterocycles. The molecule has 5 aromatic rings. The van der Waals surface area contributed by atoms with Crippen molar-refractivity contribution in [3.8, 4) is 34.3 Å². The summed E-state index contributed by atoms with van der Waals surface area (Å²) >= 11 is 0. The number of halogens is 3. The van der Waals surface area contributed by atoms with Gasteiger partial charge in [-0.3, -0.25) is 14.8 Å². The molecule has 0 saturated heterocycles. The van der Waals surface area contributed by atoms with Gasteiger partial charge in [-0.15, -0.1) is 0 Å². The van der Waals surface area contributed by atoms with Crippen molar-refractivity contribution < 1.29 is 32.2 Å². The first-order valence-electron chi connectivity index (χ1n) is 11.3. The van der Waals surface area contributed by atoms with Crippen LogP contribution in [-0.2, 0) is 6.18 Å². The van der Waals surface area contributed by atoms with E-state index in [4.69, 9.17) is 19.9 Å². The van der Waals surface area contributed by atoms with E-state index in [0.29, 0.717) is 44.7 Å². The minimum absolute atomic E-state index is 0.0349. The fraction of sp³-hybridized carbons (Fsp3) is 0.107. The van der Waals surface area contributed by atoms with Gasteiger partial charge < -0.3 is 19.9 Å². The quantitative estimate of drug-likeness (QED) is 0.280. The van der Waals surface area contributed by atoms with Gasteiger partial charge in [-0.25, -0.2) is 0 Å². The minimum atomic E-state index is -4.59. The van der Waals surface area contributed by atoms with Gasteiger partial charge in [0.25, 0.3) is 0 Å². The van der Waals surface area contributed by atoms with Crippen LogP contribution in [0.4, 0.5) is 13.2 Å². The number of amides is 1. The summed E-state index contributed by atoms with van der Waals surface area (Å²) in [6.45, 7) is 0. The first kappa shape index (κ1) is 24.8. The average Bonchev–Trinajstić information content (AvgIpc) is 2.91. The number of hydrogen-bond donors (Lipinski definition) is 1. The first-order chi connectivity index (χ1) is 18.2. The summed E-state index contributed by atoms with van der Waals surface area (Å²) < 4.78 is 57.2. The van der Waals surface area contributed by atoms with Crippen LogP contribution in [0.1, 0.15) is 15.9 Å². The molecule has 0 unspecified atom stereocenters. The highest BCUT2D eigenvalue weighted by Crippen LogP contribution is 2.40. The Kier molecular flexibility index (Phi) is 6.23. The molecule has 0 aliphatic heterocycles. The van der Waals surface area contributed by atoms with Crippen molar-refractivity contribution in [2.75, 3.05) is 14.2 Å². The Morgan fingerprint density at radius 1 is 0.816 bits per heavy atom. The third kappa shape index (κ3) is 4.52. The van der Waals surface area contributed by atoms with Gasteiger partial charge in [0.1, 0.15) is 11.5 Å². The number of nitrogens with zero attached hydrogens (tertiary/aromatic N) is 2. The summed E-state index contributed by atoms with van der Waals surface area (Å²) in [5.41, 5.74) is 5.48. The highest BCUT2D eigenvalue weighted by atomic mass is 19.4. The van der Waals surface area contributed by atoms with Crippen LogP contribution < -0.4 is 19.9 Å². The summed E-state index contributed by atoms with van der Waals surface area (Å²) in [4.78, 5) is 20.8. The first-order valence-corrected chi connectivity index (χ1v) is 11.3. The van der Waals surface area contributed by atoms with E-state index in [0.717, 1.165) is 18.3 Å². The number of nitrogens with two attached hydrogens (primary N) is 1. The predicted molar refractivity (Wildman–Crippen MR) is 136 cm³/mol. The number of benzene rings is 3. The molecule has 5 rings (SSSR count). The number of carbonyl (C=O) groups is 1. The number of primary amides is 1. The lowest BCUT2D eigenvalue weighted by atomic mass is 9.95. The van der Waals surface area contributed by atoms with E-state index < -0.39 is 17.6 Å². The Morgan fingerprint density at radius 2 is 1.53 bits per heavy atom. The van der Waals surface area contributed by atoms with Gasteiger partial charge in [-0.2, -0.15) is 13.2 Å². The summed E-state index contributed by atoms with van der Waals surface area (Å²) in [7, 11) is 3.04. The van der Waals surface area contributed by atoms with E-state index in [1.807, 2.05) is 0 Å². The molecule has 38 heavy (non-hydrogen) atoms. The maximum atomic E-state index is 13.4. The van der Waals surface area contributed by atoms with Crippen LogP contribution in [0.5, 0.6) is 23.0 Å². The van der Waals surface area contributed by atoms with Gasteiger partial charge in [0.15, 0.2) is 11.5 Å². The van der Waals surface area contributed by atoms with Crippen LogP contribution in [0.2, 0.25) is 0 Å². The van der Waals surface area contributed by atoms with Gasteiger partial charge in [-0.1, -0.05) is 12.1 Å². The van der Waals surface area contributed by atoms with Crippen molar-refractivity contribution >= 4 is 27.6 Å². The smallest absolute Gasteiger partial charge is 0.416 e. The number of aromatic nitrogens is 2. The molecule has 7 nitrogen and oxygen atoms in total. The Balaban J connectivity index is 1.67. The number of rotatable bonds is 6. The number of ether oxygens (including phenoxy) is 3. The summed E-state index contributed by atoms with van der Waals surface area (Å²) in [6, 6.07) is 15.1. The van der Waals surface area contributed by atoms with Crippen molar-refractivity contribution in [3.63, 3.8) is 0 Å². The van der Waals surface area contributed by atoms with E-state index in [-0.39, 0.29) is 16.8 Å². The minimum Gasteiger partial charge on any atom is -0.493 e. The molecule has 2 N–H and O–H groups in total. The molecular weight excluding hydrogens is 499 g/mol. The summed E-state index contributed by atoms with van der Waals surface area (Å²) in [6.07, 6.45) is -1.96. The molecule has 0 spiro atoms. The fourth-order valence-corrected chi connectivity index (χ4v) is 4.25. The second kappa shape index (κ2) is 9.55. The monoisotopic (exact) mass is 519 g/mol. The average molecular weight is 519 g/mol. The van der Waals surface area contributed by atoms with E-state index in [2.05, 4.69) is 9.97 Å². The van der Waals surface area contributed by atoms with Gasteiger partial charge in [0.05, 0.1) is 31.0 Å². The molecule has 0 aliphatic carbocycles. The molecule has 0 radical (unpaired) electrons. The van der Waals surface area contributed by atoms with Crippen LogP contribution in [0.3, 0.4) is 0 Å². The highest BCUT2D eigenvalue weighted by molar-refractivity contribution is 6.09. The van der Waals surface area contributed by atoms with Crippen molar-refractivity contribution in [1.29, 1.82) is 0 Å². The molecule has 0 bridgehead atoms. The standard InChI is InChI=1S/C28H20F3N3O4/c1-36-24-13-20-21(14-25(24)37-2)33-10-8-23(20)38-17-5-3-15-4-6-18(27(32)35)26(19(15)12-17)22-11-16(7-9-34-22)28(29,30)31/h3-14H,1-2H3,(H2,32,35). The lowest BCUT2D eigenvalue weighted by Crippen LogP contribution is -2.13. The third-order valence-electron chi connectivity index (χ3n) is 6.04. The van der Waals surface area contributed by atoms with E-state index in [1.54, 1.807) is 48.7 Å². The molecule has 2 heterocycles. The topological polar surface area (TPSA) is 96.6 Å². The van der Waals surface area contributed by atoms with Crippen LogP contribution in [0.15, 0.2) is 73.1 Å². The zero-order chi connectivity index (χ0) is 27.0. The molecule has 3 aromatic carbocycles. The molecule has 0 atom stereocenters. The highest BCUT2D eigenvalue weighted by Gasteiger charge is 2.31. The molecule has 192 valence electrons. The van der Waals surface area contributed by atoms with E-state index in [9.17, 15) is 18.0 Å². The molecule has 0 saturated carbocycles. The molecule has 1 amide bonds. The van der Waals surface area contributed by atoms with E-state index >= 15 is 0 Å². The zero-order valence-corrected chi connectivity index (χ0v) is 20.2. The number of pyridine rings is 2. The van der Waals surface area contributed by atoms with Crippen LogP contribution >= 0.6 is 0 Å². The Bertz CT molecular complexity index is 1700. The molecule has 10 heteroatoms. The van der Waals surface area contributed by atoms with Gasteiger partial charge >= 0.3 is 6.18 Å². The van der Waals surface area contributed by atoms with Crippen molar-refractivity contribution in [2.24, 2.45) is 5.73 Å². The Labute approximate surface area is 214 Å². The Morgan fingerprint density at radius 3 is 2.24 bits per heavy atom. The van der Waals surface area contributed by atoms with Gasteiger partial charge in [-0.05, 0) is 53.2 Å². The largest absolute Gasteiger partial charge is 0.493 e. The van der Waals surface area contributed by atoms with Crippen LogP contribution in [0, 0.1) is 0 Å². The van der Waals surface area contributed by atoms with Gasteiger partial charge in [0, 0.05) is 35.0 Å². The lowest BCUT2D eigenvalue weighted by Gasteiger charge is -2.15. The van der Waals surface area contributed by atoms with Crippen molar-refractivity contribution in [3.05, 3.63) is 84.2 Å². The molecule has 0 aliphatic rings. The molecule has 0 fully saturated rings. The zero-order valence-electron chi connectivity index (χ0n) is 20.2. The lowest BCUT2D eigenvalue weighted by molar-refractivity contribution is -0.137. The number of hydrogen-bond acceptors (Lipinski definition) is 6. The SMILES string of the molecule is COc1cc2nccc(Oc3ccc4ccc(C(N)=O)c(-c5cc(C(F)(F)F)ccn5)c4c3)c2cc1OC.